The van der Waals surface area contributed by atoms with Gasteiger partial charge in [0.25, 0.3) is 0 Å². The first-order valence-electron chi connectivity index (χ1n) is 12.1. The maximum atomic E-state index is 15.1. The van der Waals surface area contributed by atoms with Gasteiger partial charge in [0.05, 0.1) is 11.2 Å². The summed E-state index contributed by atoms with van der Waals surface area (Å²) in [5.74, 6) is 0.260. The van der Waals surface area contributed by atoms with Crippen molar-refractivity contribution in [1.29, 1.82) is 0 Å². The van der Waals surface area contributed by atoms with E-state index >= 15 is 4.39 Å². The third-order valence-electron chi connectivity index (χ3n) is 7.22. The Morgan fingerprint density at radius 1 is 1.23 bits per heavy atom. The zero-order valence-corrected chi connectivity index (χ0v) is 19.4. The summed E-state index contributed by atoms with van der Waals surface area (Å²) in [5, 5.41) is 11.4. The quantitative estimate of drug-likeness (QED) is 0.520. The van der Waals surface area contributed by atoms with Crippen LogP contribution in [0.15, 0.2) is 46.7 Å². The minimum absolute atomic E-state index is 0.0904. The average molecular weight is 450 g/mol. The van der Waals surface area contributed by atoms with Gasteiger partial charge in [0.15, 0.2) is 0 Å². The Morgan fingerprint density at radius 2 is 2.00 bits per heavy atom. The zero-order valence-electron chi connectivity index (χ0n) is 18.6. The first-order valence-corrected chi connectivity index (χ1v) is 12.4. The van der Waals surface area contributed by atoms with Crippen molar-refractivity contribution in [2.45, 2.75) is 82.2 Å². The first kappa shape index (κ1) is 23.0. The minimum atomic E-state index is -1.17. The summed E-state index contributed by atoms with van der Waals surface area (Å²) >= 11 is 6.66. The number of hydrogen-bond acceptors (Lipinski definition) is 4. The highest BCUT2D eigenvalue weighted by Crippen LogP contribution is 2.36. The molecular weight excluding hydrogens is 413 g/mol. The normalized spacial score (nSPS) is 31.5. The van der Waals surface area contributed by atoms with E-state index in [0.29, 0.717) is 38.6 Å². The number of rotatable bonds is 7. The van der Waals surface area contributed by atoms with Gasteiger partial charge < -0.3 is 15.4 Å². The molecule has 1 saturated carbocycles. The van der Waals surface area contributed by atoms with Crippen LogP contribution in [0.5, 0.6) is 0 Å². The molecule has 2 aliphatic carbocycles. The maximum absolute atomic E-state index is 15.1. The fraction of sp³-hybridized carbons (Fsp3) is 0.680. The van der Waals surface area contributed by atoms with E-state index in [1.807, 2.05) is 6.20 Å². The summed E-state index contributed by atoms with van der Waals surface area (Å²) < 4.78 is 20.4. The molecule has 2 heterocycles. The highest BCUT2D eigenvalue weighted by Gasteiger charge is 2.35. The number of allylic oxidation sites excluding steroid dienone is 4. The van der Waals surface area contributed by atoms with Crippen LogP contribution in [0.25, 0.3) is 0 Å². The third-order valence-corrected chi connectivity index (χ3v) is 7.53. The Labute approximate surface area is 191 Å². The predicted octanol–water partition coefficient (Wildman–Crippen LogP) is 4.84. The molecule has 4 nitrogen and oxygen atoms in total. The average Bonchev–Trinajstić information content (AvgIpc) is 2.80. The van der Waals surface area contributed by atoms with Crippen LogP contribution < -0.4 is 16.0 Å². The lowest BCUT2D eigenvalue weighted by atomic mass is 9.80. The fourth-order valence-electron chi connectivity index (χ4n) is 5.31. The van der Waals surface area contributed by atoms with Gasteiger partial charge in [-0.2, -0.15) is 0 Å². The van der Waals surface area contributed by atoms with Crippen molar-refractivity contribution >= 4 is 11.6 Å². The first-order chi connectivity index (χ1) is 15.1. The summed E-state index contributed by atoms with van der Waals surface area (Å²) in [6.07, 6.45) is 19.0. The van der Waals surface area contributed by atoms with Crippen molar-refractivity contribution in [2.24, 2.45) is 5.92 Å². The molecule has 31 heavy (non-hydrogen) atoms. The topological polar surface area (TPSA) is 45.3 Å². The molecule has 172 valence electrons. The summed E-state index contributed by atoms with van der Waals surface area (Å²) in [6, 6.07) is 0.663. The van der Waals surface area contributed by atoms with Gasteiger partial charge in [0.1, 0.15) is 5.67 Å². The Bertz CT molecular complexity index is 735. The molecule has 4 aliphatic rings. The van der Waals surface area contributed by atoms with Gasteiger partial charge in [-0.1, -0.05) is 56.0 Å². The van der Waals surface area contributed by atoms with Gasteiger partial charge in [-0.05, 0) is 36.5 Å². The second-order valence-electron chi connectivity index (χ2n) is 9.41. The lowest BCUT2D eigenvalue weighted by molar-refractivity contribution is -0.00903. The molecule has 0 radical (unpaired) electrons. The van der Waals surface area contributed by atoms with Crippen LogP contribution in [0.2, 0.25) is 0 Å². The van der Waals surface area contributed by atoms with Crippen LogP contribution in [0.3, 0.4) is 0 Å². The molecule has 2 aliphatic heterocycles. The van der Waals surface area contributed by atoms with Gasteiger partial charge >= 0.3 is 0 Å². The highest BCUT2D eigenvalue weighted by atomic mass is 35.5. The van der Waals surface area contributed by atoms with Crippen LogP contribution in [-0.4, -0.2) is 43.7 Å². The standard InChI is InChI=1S/C25H37ClFN3O/c1-2-19-20(9-6-10-23(19)29-17-25(27)11-13-31-14-12-25)21-15-24(28-16-22(21)26)30-18-7-4-3-5-8-18/h6,9-10,15-16,18-19,23-24,28-30H,2-5,7-8,11-14,17H2,1H3. The van der Waals surface area contributed by atoms with E-state index in [4.69, 9.17) is 16.3 Å². The smallest absolute Gasteiger partial charge is 0.127 e. The third kappa shape index (κ3) is 5.81. The van der Waals surface area contributed by atoms with Crippen molar-refractivity contribution in [2.75, 3.05) is 19.8 Å². The van der Waals surface area contributed by atoms with Crippen LogP contribution in [0.4, 0.5) is 4.39 Å². The molecule has 3 atom stereocenters. The summed E-state index contributed by atoms with van der Waals surface area (Å²) in [5.41, 5.74) is 1.16. The predicted molar refractivity (Wildman–Crippen MR) is 126 cm³/mol. The Morgan fingerprint density at radius 3 is 2.74 bits per heavy atom. The van der Waals surface area contributed by atoms with Gasteiger partial charge in [0, 0.05) is 56.8 Å². The molecule has 0 amide bonds. The van der Waals surface area contributed by atoms with E-state index in [-0.39, 0.29) is 18.1 Å². The summed E-state index contributed by atoms with van der Waals surface area (Å²) in [7, 11) is 0. The van der Waals surface area contributed by atoms with E-state index in [2.05, 4.69) is 47.2 Å². The van der Waals surface area contributed by atoms with E-state index in [1.165, 1.54) is 37.7 Å². The van der Waals surface area contributed by atoms with Crippen molar-refractivity contribution in [3.8, 4) is 0 Å². The maximum Gasteiger partial charge on any atom is 0.127 e. The summed E-state index contributed by atoms with van der Waals surface area (Å²) in [4.78, 5) is 0. The fourth-order valence-corrected chi connectivity index (χ4v) is 5.54. The van der Waals surface area contributed by atoms with Gasteiger partial charge in [-0.3, -0.25) is 5.32 Å². The minimum Gasteiger partial charge on any atom is -0.381 e. The molecule has 3 N–H and O–H groups in total. The Balaban J connectivity index is 1.44. The van der Waals surface area contributed by atoms with Gasteiger partial charge in [-0.15, -0.1) is 0 Å². The molecule has 6 heteroatoms. The van der Waals surface area contributed by atoms with Crippen molar-refractivity contribution < 1.29 is 9.13 Å². The molecule has 0 spiro atoms. The molecule has 2 fully saturated rings. The number of hydrogen-bond donors (Lipinski definition) is 3. The van der Waals surface area contributed by atoms with E-state index in [1.54, 1.807) is 0 Å². The van der Waals surface area contributed by atoms with Crippen molar-refractivity contribution in [1.82, 2.24) is 16.0 Å². The number of ether oxygens (including phenoxy) is 1. The highest BCUT2D eigenvalue weighted by molar-refractivity contribution is 6.32. The van der Waals surface area contributed by atoms with E-state index < -0.39 is 5.67 Å². The molecular formula is C25H37ClFN3O. The van der Waals surface area contributed by atoms with Crippen molar-refractivity contribution in [3.63, 3.8) is 0 Å². The Kier molecular flexibility index (Phi) is 7.91. The zero-order chi connectivity index (χ0) is 21.7. The molecule has 1 saturated heterocycles. The van der Waals surface area contributed by atoms with Crippen molar-refractivity contribution in [3.05, 3.63) is 46.7 Å². The SMILES string of the molecule is CCC1C(C2=CC(NC3CCCCC3)NC=C2Cl)=CC=CC1NCC1(F)CCOCC1. The number of alkyl halides is 1. The Hall–Kier alpha value is -1.14. The molecule has 4 rings (SSSR count). The lowest BCUT2D eigenvalue weighted by Gasteiger charge is -2.36. The van der Waals surface area contributed by atoms with Crippen LogP contribution in [0.1, 0.15) is 58.3 Å². The van der Waals surface area contributed by atoms with Crippen LogP contribution in [-0.2, 0) is 4.74 Å². The number of dihydropyridines is 1. The van der Waals surface area contributed by atoms with Crippen LogP contribution >= 0.6 is 11.6 Å². The molecule has 0 aromatic carbocycles. The van der Waals surface area contributed by atoms with Gasteiger partial charge in [0.2, 0.25) is 0 Å². The second-order valence-corrected chi connectivity index (χ2v) is 9.82. The number of nitrogens with one attached hydrogen (secondary N) is 3. The van der Waals surface area contributed by atoms with Crippen LogP contribution in [0, 0.1) is 5.92 Å². The lowest BCUT2D eigenvalue weighted by Crippen LogP contribution is -2.48. The molecule has 0 bridgehead atoms. The molecule has 0 aromatic rings. The van der Waals surface area contributed by atoms with E-state index in [0.717, 1.165) is 17.0 Å². The largest absolute Gasteiger partial charge is 0.381 e. The second kappa shape index (κ2) is 10.7. The molecule has 0 aromatic heterocycles. The van der Waals surface area contributed by atoms with E-state index in [9.17, 15) is 0 Å². The number of halogens is 2. The molecule has 3 unspecified atom stereocenters. The monoisotopic (exact) mass is 449 g/mol. The summed E-state index contributed by atoms with van der Waals surface area (Å²) in [6.45, 7) is 3.58. The van der Waals surface area contributed by atoms with Gasteiger partial charge in [-0.25, -0.2) is 4.39 Å².